The van der Waals surface area contributed by atoms with Crippen molar-refractivity contribution in [3.63, 3.8) is 0 Å². The van der Waals surface area contributed by atoms with E-state index in [9.17, 15) is 28.9 Å². The number of allylic oxidation sites excluding steroid dienone is 6. The van der Waals surface area contributed by atoms with E-state index in [0.29, 0.717) is 19.3 Å². The van der Waals surface area contributed by atoms with Crippen LogP contribution in [0.3, 0.4) is 0 Å². The van der Waals surface area contributed by atoms with Gasteiger partial charge in [-0.15, -0.1) is 0 Å². The van der Waals surface area contributed by atoms with E-state index in [4.69, 9.17) is 23.3 Å². The molecule has 0 aliphatic carbocycles. The van der Waals surface area contributed by atoms with E-state index in [2.05, 4.69) is 57.2 Å². The van der Waals surface area contributed by atoms with Crippen LogP contribution in [0.5, 0.6) is 0 Å². The number of carbonyl (C=O) groups is 3. The van der Waals surface area contributed by atoms with E-state index in [-0.39, 0.29) is 25.9 Å². The van der Waals surface area contributed by atoms with Gasteiger partial charge in [-0.05, 0) is 89.9 Å². The maximum Gasteiger partial charge on any atom is 0.472 e. The Labute approximate surface area is 416 Å². The minimum absolute atomic E-state index is 0.163. The van der Waals surface area contributed by atoms with E-state index in [1.165, 1.54) is 103 Å². The topological polar surface area (TPSA) is 155 Å². The van der Waals surface area contributed by atoms with Crippen LogP contribution in [0.4, 0.5) is 0 Å². The number of phosphoric acid groups is 1. The second kappa shape index (κ2) is 51.1. The highest BCUT2D eigenvalue weighted by molar-refractivity contribution is 7.47. The summed E-state index contributed by atoms with van der Waals surface area (Å²) in [6, 6.07) is 0. The van der Waals surface area contributed by atoms with Crippen LogP contribution < -0.4 is 0 Å². The number of aliphatic hydroxyl groups excluding tert-OH is 1. The zero-order valence-electron chi connectivity index (χ0n) is 43.8. The minimum atomic E-state index is -4.74. The van der Waals surface area contributed by atoms with Gasteiger partial charge in [0.05, 0.1) is 19.8 Å². The SMILES string of the molecule is CCCC/C=C\CCCCCCCC(=O)OC(CO)COP(=O)(O)OCC(COC(=O)CCCCCCC/C=C\CCCCCC)OC(=O)CCCCCCCCC/C=C\CCCCCCCC. The molecular formula is C56H103O11P. The number of hydrogen-bond donors (Lipinski definition) is 2. The third-order valence-corrected chi connectivity index (χ3v) is 13.0. The average molecular weight is 983 g/mol. The standard InChI is InChI=1S/C56H103O11P/c1-4-7-10-13-16-19-22-24-25-26-27-29-32-35-38-41-44-47-56(60)67-53(49-63-54(58)45-42-39-36-33-31-28-23-20-17-14-11-8-5-2)51-65-68(61,62)64-50-52(48-57)66-55(59)46-43-40-37-34-30-21-18-15-12-9-6-3/h15,18,20,23-25,52-53,57H,4-14,16-17,19,21-22,26-51H2,1-3H3,(H,61,62)/b18-15-,23-20-,25-24-. The van der Waals surface area contributed by atoms with Gasteiger partial charge in [-0.25, -0.2) is 4.57 Å². The summed E-state index contributed by atoms with van der Waals surface area (Å²) in [4.78, 5) is 48.4. The Morgan fingerprint density at radius 2 is 0.691 bits per heavy atom. The molecule has 0 saturated heterocycles. The van der Waals surface area contributed by atoms with Crippen LogP contribution in [0.1, 0.15) is 265 Å². The highest BCUT2D eigenvalue weighted by Crippen LogP contribution is 2.43. The molecule has 0 fully saturated rings. The number of unbranched alkanes of at least 4 members (excludes halogenated alkanes) is 29. The van der Waals surface area contributed by atoms with Crippen molar-refractivity contribution < 1.29 is 52.2 Å². The van der Waals surface area contributed by atoms with Gasteiger partial charge in [-0.3, -0.25) is 23.4 Å². The molecule has 398 valence electrons. The summed E-state index contributed by atoms with van der Waals surface area (Å²) >= 11 is 0. The first kappa shape index (κ1) is 65.7. The molecule has 0 aromatic carbocycles. The maximum absolute atomic E-state index is 12.9. The summed E-state index contributed by atoms with van der Waals surface area (Å²) in [7, 11) is -4.74. The molecule has 0 bridgehead atoms. The molecular weight excluding hydrogens is 880 g/mol. The van der Waals surface area contributed by atoms with Crippen LogP contribution in [0.25, 0.3) is 0 Å². The summed E-state index contributed by atoms with van der Waals surface area (Å²) in [5.74, 6) is -1.48. The minimum Gasteiger partial charge on any atom is -0.462 e. The number of phosphoric ester groups is 1. The molecule has 0 aromatic heterocycles. The number of aliphatic hydroxyl groups is 1. The quantitative estimate of drug-likeness (QED) is 0.0197. The normalized spacial score (nSPS) is 13.7. The average Bonchev–Trinajstić information content (AvgIpc) is 3.32. The Hall–Kier alpha value is -2.30. The molecule has 0 aliphatic rings. The summed E-state index contributed by atoms with van der Waals surface area (Å²) in [6.45, 7) is 4.58. The number of ether oxygens (including phenoxy) is 3. The Morgan fingerprint density at radius 1 is 0.397 bits per heavy atom. The van der Waals surface area contributed by atoms with Gasteiger partial charge < -0.3 is 24.2 Å². The molecule has 0 amide bonds. The molecule has 2 N–H and O–H groups in total. The second-order valence-corrected chi connectivity index (χ2v) is 20.2. The Kier molecular flexibility index (Phi) is 49.3. The van der Waals surface area contributed by atoms with Crippen LogP contribution in [0.2, 0.25) is 0 Å². The molecule has 0 heterocycles. The first-order chi connectivity index (χ1) is 33.2. The molecule has 0 aromatic rings. The molecule has 3 unspecified atom stereocenters. The fourth-order valence-electron chi connectivity index (χ4n) is 7.68. The van der Waals surface area contributed by atoms with Gasteiger partial charge in [0.15, 0.2) is 6.10 Å². The smallest absolute Gasteiger partial charge is 0.462 e. The van der Waals surface area contributed by atoms with Crippen molar-refractivity contribution in [2.75, 3.05) is 26.4 Å². The lowest BCUT2D eigenvalue weighted by molar-refractivity contribution is -0.161. The Morgan fingerprint density at radius 3 is 1.07 bits per heavy atom. The van der Waals surface area contributed by atoms with Gasteiger partial charge in [0.1, 0.15) is 12.7 Å². The predicted molar refractivity (Wildman–Crippen MR) is 279 cm³/mol. The number of rotatable bonds is 52. The number of hydrogen-bond acceptors (Lipinski definition) is 10. The van der Waals surface area contributed by atoms with Gasteiger partial charge in [-0.1, -0.05) is 192 Å². The van der Waals surface area contributed by atoms with E-state index in [0.717, 1.165) is 103 Å². The van der Waals surface area contributed by atoms with Crippen LogP contribution in [0.15, 0.2) is 36.5 Å². The second-order valence-electron chi connectivity index (χ2n) is 18.7. The molecule has 68 heavy (non-hydrogen) atoms. The fraction of sp³-hybridized carbons (Fsp3) is 0.839. The van der Waals surface area contributed by atoms with Crippen LogP contribution in [-0.4, -0.2) is 66.5 Å². The molecule has 0 saturated carbocycles. The predicted octanol–water partition coefficient (Wildman–Crippen LogP) is 16.0. The summed E-state index contributed by atoms with van der Waals surface area (Å²) < 4.78 is 39.4. The lowest BCUT2D eigenvalue weighted by Gasteiger charge is -2.21. The first-order valence-corrected chi connectivity index (χ1v) is 29.4. The highest BCUT2D eigenvalue weighted by atomic mass is 31.2. The van der Waals surface area contributed by atoms with E-state index in [1.54, 1.807) is 0 Å². The zero-order valence-corrected chi connectivity index (χ0v) is 44.7. The lowest BCUT2D eigenvalue weighted by atomic mass is 10.1. The van der Waals surface area contributed by atoms with Crippen molar-refractivity contribution >= 4 is 25.7 Å². The van der Waals surface area contributed by atoms with Crippen molar-refractivity contribution in [3.8, 4) is 0 Å². The van der Waals surface area contributed by atoms with E-state index in [1.807, 2.05) is 0 Å². The molecule has 11 nitrogen and oxygen atoms in total. The first-order valence-electron chi connectivity index (χ1n) is 27.9. The summed E-state index contributed by atoms with van der Waals surface area (Å²) in [5.41, 5.74) is 0. The van der Waals surface area contributed by atoms with Crippen LogP contribution in [-0.2, 0) is 42.2 Å². The lowest BCUT2D eigenvalue weighted by Crippen LogP contribution is -2.30. The van der Waals surface area contributed by atoms with Crippen molar-refractivity contribution in [1.29, 1.82) is 0 Å². The third-order valence-electron chi connectivity index (χ3n) is 12.0. The number of carbonyl (C=O) groups excluding carboxylic acids is 3. The Bertz CT molecular complexity index is 1280. The van der Waals surface area contributed by atoms with Crippen molar-refractivity contribution in [2.24, 2.45) is 0 Å². The van der Waals surface area contributed by atoms with Gasteiger partial charge in [0.2, 0.25) is 0 Å². The summed E-state index contributed by atoms with van der Waals surface area (Å²) in [6.07, 6.45) is 51.1. The van der Waals surface area contributed by atoms with Gasteiger partial charge >= 0.3 is 25.7 Å². The van der Waals surface area contributed by atoms with Crippen molar-refractivity contribution in [2.45, 2.75) is 277 Å². The Balaban J connectivity index is 4.73. The molecule has 0 rings (SSSR count). The fourth-order valence-corrected chi connectivity index (χ4v) is 8.46. The van der Waals surface area contributed by atoms with Gasteiger partial charge in [-0.2, -0.15) is 0 Å². The van der Waals surface area contributed by atoms with Crippen LogP contribution >= 0.6 is 7.82 Å². The van der Waals surface area contributed by atoms with Crippen molar-refractivity contribution in [3.05, 3.63) is 36.5 Å². The molecule has 3 atom stereocenters. The molecule has 12 heteroatoms. The summed E-state index contributed by atoms with van der Waals surface area (Å²) in [5, 5.41) is 9.77. The molecule has 0 spiro atoms. The van der Waals surface area contributed by atoms with Crippen LogP contribution in [0, 0.1) is 0 Å². The zero-order chi connectivity index (χ0) is 49.9. The van der Waals surface area contributed by atoms with Gasteiger partial charge in [0, 0.05) is 19.3 Å². The van der Waals surface area contributed by atoms with E-state index >= 15 is 0 Å². The monoisotopic (exact) mass is 983 g/mol. The molecule has 0 aliphatic heterocycles. The largest absolute Gasteiger partial charge is 0.472 e. The number of esters is 3. The van der Waals surface area contributed by atoms with Crippen molar-refractivity contribution in [1.82, 2.24) is 0 Å². The maximum atomic E-state index is 12.9. The van der Waals surface area contributed by atoms with E-state index < -0.39 is 57.8 Å². The molecule has 0 radical (unpaired) electrons. The van der Waals surface area contributed by atoms with Gasteiger partial charge in [0.25, 0.3) is 0 Å². The third kappa shape index (κ3) is 48.7. The highest BCUT2D eigenvalue weighted by Gasteiger charge is 2.28.